The molecule has 0 fully saturated rings. The van der Waals surface area contributed by atoms with E-state index in [9.17, 15) is 10.1 Å². The fourth-order valence-electron chi connectivity index (χ4n) is 3.24. The summed E-state index contributed by atoms with van der Waals surface area (Å²) in [5.74, 6) is 1.01. The summed E-state index contributed by atoms with van der Waals surface area (Å²) in [6, 6.07) is 7.27. The number of hydrogen-bond acceptors (Lipinski definition) is 9. The molecule has 2 heterocycles. The zero-order valence-electron chi connectivity index (χ0n) is 18.8. The number of hydrogen-bond donors (Lipinski definition) is 0. The van der Waals surface area contributed by atoms with E-state index in [0.717, 1.165) is 0 Å². The van der Waals surface area contributed by atoms with Crippen LogP contribution in [0.2, 0.25) is 0 Å². The van der Waals surface area contributed by atoms with Crippen molar-refractivity contribution in [3.05, 3.63) is 45.1 Å². The maximum Gasteiger partial charge on any atom is 0.247 e. The van der Waals surface area contributed by atoms with Crippen LogP contribution in [0.5, 0.6) is 17.4 Å². The number of pyridine rings is 1. The van der Waals surface area contributed by atoms with Gasteiger partial charge in [0.15, 0.2) is 6.61 Å². The van der Waals surface area contributed by atoms with Gasteiger partial charge < -0.3 is 23.7 Å². The van der Waals surface area contributed by atoms with E-state index >= 15 is 0 Å². The van der Waals surface area contributed by atoms with Crippen molar-refractivity contribution in [1.29, 1.82) is 5.26 Å². The van der Waals surface area contributed by atoms with Crippen molar-refractivity contribution in [1.82, 2.24) is 9.99 Å². The Balaban J connectivity index is 1.86. The fraction of sp³-hybridized carbons (Fsp3) is 0.364. The Labute approximate surface area is 199 Å². The van der Waals surface area contributed by atoms with Gasteiger partial charge in [-0.2, -0.15) is 10.3 Å². The molecule has 0 saturated carbocycles. The highest BCUT2D eigenvalue weighted by atomic mass is 79.9. The summed E-state index contributed by atoms with van der Waals surface area (Å²) in [5.41, 5.74) is 2.09. The molecule has 3 rings (SSSR count). The third-order valence-electron chi connectivity index (χ3n) is 4.82. The number of hydrazone groups is 1. The molecule has 10 nitrogen and oxygen atoms in total. The molecule has 174 valence electrons. The molecule has 0 unspecified atom stereocenters. The number of methoxy groups -OCH3 is 3. The van der Waals surface area contributed by atoms with E-state index < -0.39 is 6.23 Å². The lowest BCUT2D eigenvalue weighted by Gasteiger charge is -2.21. The van der Waals surface area contributed by atoms with E-state index in [1.807, 2.05) is 0 Å². The van der Waals surface area contributed by atoms with Crippen LogP contribution in [-0.2, 0) is 20.9 Å². The van der Waals surface area contributed by atoms with Gasteiger partial charge in [0.05, 0.1) is 32.1 Å². The number of ether oxygens (including phenoxy) is 5. The number of carbonyl (C=O) groups excluding carboxylic acids is 1. The second kappa shape index (κ2) is 10.5. The Kier molecular flexibility index (Phi) is 7.73. The van der Waals surface area contributed by atoms with Crippen molar-refractivity contribution >= 4 is 27.7 Å². The zero-order valence-corrected chi connectivity index (χ0v) is 20.4. The van der Waals surface area contributed by atoms with Crippen molar-refractivity contribution in [3.8, 4) is 23.4 Å². The first-order valence-corrected chi connectivity index (χ1v) is 10.6. The Bertz CT molecular complexity index is 1130. The molecular formula is C22H23BrN4O6. The van der Waals surface area contributed by atoms with E-state index in [0.29, 0.717) is 32.8 Å². The minimum absolute atomic E-state index is 0.122. The molecule has 1 aromatic heterocycles. The summed E-state index contributed by atoms with van der Waals surface area (Å²) in [6.07, 6.45) is -0.846. The van der Waals surface area contributed by atoms with E-state index in [4.69, 9.17) is 23.7 Å². The molecule has 33 heavy (non-hydrogen) atoms. The summed E-state index contributed by atoms with van der Waals surface area (Å²) >= 11 is 3.44. The van der Waals surface area contributed by atoms with Crippen LogP contribution >= 0.6 is 15.9 Å². The van der Waals surface area contributed by atoms with E-state index in [2.05, 4.69) is 32.1 Å². The Hall–Kier alpha value is -3.36. The van der Waals surface area contributed by atoms with Crippen LogP contribution in [0.25, 0.3) is 0 Å². The highest BCUT2D eigenvalue weighted by Gasteiger charge is 2.35. The lowest BCUT2D eigenvalue weighted by atomic mass is 10.1. The molecular weight excluding hydrogens is 496 g/mol. The van der Waals surface area contributed by atoms with Crippen LogP contribution in [0.4, 0.5) is 0 Å². The quantitative estimate of drug-likeness (QED) is 0.521. The van der Waals surface area contributed by atoms with Gasteiger partial charge in [-0.15, -0.1) is 5.10 Å². The maximum absolute atomic E-state index is 12.2. The SMILES string of the molecule is COCc1c(Br)c(C)nc(OCC2=NN(C(C)=O)[C@@H](c3ccc(OC)cc3OC)O2)c1C#N. The van der Waals surface area contributed by atoms with Gasteiger partial charge in [0.25, 0.3) is 0 Å². The minimum Gasteiger partial charge on any atom is -0.497 e. The largest absolute Gasteiger partial charge is 0.497 e. The summed E-state index contributed by atoms with van der Waals surface area (Å²) in [7, 11) is 4.60. The number of amides is 1. The summed E-state index contributed by atoms with van der Waals surface area (Å²) in [5, 5.41) is 15.1. The molecule has 0 radical (unpaired) electrons. The molecule has 1 amide bonds. The molecule has 0 spiro atoms. The van der Waals surface area contributed by atoms with E-state index in [-0.39, 0.29) is 36.5 Å². The van der Waals surface area contributed by atoms with Crippen LogP contribution in [-0.4, -0.2) is 49.7 Å². The molecule has 0 N–H and O–H groups in total. The van der Waals surface area contributed by atoms with Crippen LogP contribution in [0, 0.1) is 18.3 Å². The van der Waals surface area contributed by atoms with Gasteiger partial charge in [-0.05, 0) is 35.0 Å². The predicted molar refractivity (Wildman–Crippen MR) is 121 cm³/mol. The highest BCUT2D eigenvalue weighted by molar-refractivity contribution is 9.10. The van der Waals surface area contributed by atoms with Gasteiger partial charge in [-0.1, -0.05) is 0 Å². The number of nitrogens with zero attached hydrogens (tertiary/aromatic N) is 4. The van der Waals surface area contributed by atoms with Gasteiger partial charge in [0.1, 0.15) is 23.1 Å². The van der Waals surface area contributed by atoms with Crippen molar-refractivity contribution in [2.45, 2.75) is 26.7 Å². The Morgan fingerprint density at radius 3 is 2.64 bits per heavy atom. The third-order valence-corrected chi connectivity index (χ3v) is 5.87. The van der Waals surface area contributed by atoms with Crippen molar-refractivity contribution in [2.75, 3.05) is 27.9 Å². The average molecular weight is 519 g/mol. The number of benzene rings is 1. The van der Waals surface area contributed by atoms with Crippen molar-refractivity contribution in [3.63, 3.8) is 0 Å². The van der Waals surface area contributed by atoms with Crippen LogP contribution in [0.15, 0.2) is 27.8 Å². The Morgan fingerprint density at radius 1 is 1.27 bits per heavy atom. The van der Waals surface area contributed by atoms with E-state index in [1.54, 1.807) is 32.2 Å². The number of aromatic nitrogens is 1. The lowest BCUT2D eigenvalue weighted by Crippen LogP contribution is -2.25. The topological polar surface area (TPSA) is 116 Å². The smallest absolute Gasteiger partial charge is 0.247 e. The molecule has 1 aromatic carbocycles. The first kappa shape index (κ1) is 24.3. The molecule has 1 aliphatic heterocycles. The molecule has 0 aliphatic carbocycles. The van der Waals surface area contributed by atoms with Gasteiger partial charge in [-0.25, -0.2) is 4.98 Å². The third kappa shape index (κ3) is 5.02. The fourth-order valence-corrected chi connectivity index (χ4v) is 3.64. The van der Waals surface area contributed by atoms with Gasteiger partial charge in [0, 0.05) is 30.1 Å². The van der Waals surface area contributed by atoms with Crippen LogP contribution in [0.3, 0.4) is 0 Å². The molecule has 1 aliphatic rings. The van der Waals surface area contributed by atoms with Gasteiger partial charge in [-0.3, -0.25) is 4.79 Å². The van der Waals surface area contributed by atoms with E-state index in [1.165, 1.54) is 26.2 Å². The average Bonchev–Trinajstić information content (AvgIpc) is 3.25. The normalized spacial score (nSPS) is 14.9. The lowest BCUT2D eigenvalue weighted by molar-refractivity contribution is -0.135. The summed E-state index contributed by atoms with van der Waals surface area (Å²) in [6.45, 7) is 3.22. The number of rotatable bonds is 8. The van der Waals surface area contributed by atoms with Crippen LogP contribution in [0.1, 0.15) is 35.5 Å². The van der Waals surface area contributed by atoms with Crippen molar-refractivity contribution in [2.24, 2.45) is 5.10 Å². The number of halogens is 1. The highest BCUT2D eigenvalue weighted by Crippen LogP contribution is 2.37. The summed E-state index contributed by atoms with van der Waals surface area (Å²) < 4.78 is 28.3. The second-order valence-corrected chi connectivity index (χ2v) is 7.73. The standard InChI is InChI=1S/C22H23BrN4O6/c1-12-20(23)17(10-29-3)16(9-24)21(25-12)32-11-19-26-27(13(2)28)22(33-19)15-7-6-14(30-4)8-18(15)31-5/h6-8,22H,10-11H2,1-5H3/t22-/m1/s1. The number of carbonyl (C=O) groups is 1. The zero-order chi connectivity index (χ0) is 24.1. The van der Waals surface area contributed by atoms with Crippen molar-refractivity contribution < 1.29 is 28.5 Å². The monoisotopic (exact) mass is 518 g/mol. The van der Waals surface area contributed by atoms with Gasteiger partial charge >= 0.3 is 0 Å². The number of aryl methyl sites for hydroxylation is 1. The minimum atomic E-state index is -0.846. The first-order valence-electron chi connectivity index (χ1n) is 9.81. The van der Waals surface area contributed by atoms with Crippen LogP contribution < -0.4 is 14.2 Å². The molecule has 1 atom stereocenters. The second-order valence-electron chi connectivity index (χ2n) is 6.94. The predicted octanol–water partition coefficient (Wildman–Crippen LogP) is 3.46. The molecule has 2 aromatic rings. The Morgan fingerprint density at radius 2 is 2.03 bits per heavy atom. The molecule has 0 bridgehead atoms. The number of nitriles is 1. The summed E-state index contributed by atoms with van der Waals surface area (Å²) in [4.78, 5) is 16.6. The maximum atomic E-state index is 12.2. The molecule has 11 heteroatoms. The molecule has 0 saturated heterocycles. The van der Waals surface area contributed by atoms with Gasteiger partial charge in [0.2, 0.25) is 23.9 Å². The first-order chi connectivity index (χ1) is 15.8.